The Labute approximate surface area is 145 Å². The molecule has 0 atom stereocenters. The van der Waals surface area contributed by atoms with Crippen molar-refractivity contribution in [2.24, 2.45) is 0 Å². The van der Waals surface area contributed by atoms with E-state index >= 15 is 0 Å². The van der Waals surface area contributed by atoms with Gasteiger partial charge in [-0.3, -0.25) is 0 Å². The minimum absolute atomic E-state index is 0.0968. The number of aryl methyl sites for hydroxylation is 1. The molecule has 24 heavy (non-hydrogen) atoms. The van der Waals surface area contributed by atoms with Crippen molar-refractivity contribution in [3.63, 3.8) is 0 Å². The van der Waals surface area contributed by atoms with Gasteiger partial charge in [0.1, 0.15) is 22.8 Å². The fourth-order valence-corrected chi connectivity index (χ4v) is 3.40. The number of aliphatic hydroxyl groups is 1. The summed E-state index contributed by atoms with van der Waals surface area (Å²) in [6, 6.07) is 2.13. The quantitative estimate of drug-likeness (QED) is 0.868. The zero-order chi connectivity index (χ0) is 17.6. The first-order chi connectivity index (χ1) is 11.2. The van der Waals surface area contributed by atoms with Crippen molar-refractivity contribution < 1.29 is 9.50 Å². The summed E-state index contributed by atoms with van der Waals surface area (Å²) < 4.78 is 14.7. The zero-order valence-electron chi connectivity index (χ0n) is 14.0. The fraction of sp³-hybridized carbons (Fsp3) is 0.529. The predicted molar refractivity (Wildman–Crippen MR) is 92.1 cm³/mol. The summed E-state index contributed by atoms with van der Waals surface area (Å²) in [5, 5.41) is 19.9. The molecule has 0 spiro atoms. The van der Waals surface area contributed by atoms with E-state index in [0.717, 1.165) is 5.69 Å². The highest BCUT2D eigenvalue weighted by Crippen LogP contribution is 2.40. The second-order valence-electron chi connectivity index (χ2n) is 6.77. The van der Waals surface area contributed by atoms with Crippen molar-refractivity contribution in [2.75, 3.05) is 18.0 Å². The number of H-pyrrole nitrogens is 1. The molecule has 3 rings (SSSR count). The van der Waals surface area contributed by atoms with Gasteiger partial charge in [0.2, 0.25) is 0 Å². The lowest BCUT2D eigenvalue weighted by Gasteiger charge is -2.33. The van der Waals surface area contributed by atoms with Gasteiger partial charge >= 0.3 is 0 Å². The summed E-state index contributed by atoms with van der Waals surface area (Å²) >= 11 is 6.34. The molecule has 0 saturated carbocycles. The van der Waals surface area contributed by atoms with Gasteiger partial charge in [-0.15, -0.1) is 0 Å². The minimum atomic E-state index is -1.77. The van der Waals surface area contributed by atoms with E-state index < -0.39 is 5.67 Å². The van der Waals surface area contributed by atoms with Gasteiger partial charge in [0.25, 0.3) is 0 Å². The summed E-state index contributed by atoms with van der Waals surface area (Å²) in [7, 11) is 0. The molecular weight excluding hydrogens is 331 g/mol. The third kappa shape index (κ3) is 2.72. The maximum Gasteiger partial charge on any atom is 0.148 e. The minimum Gasteiger partial charge on any atom is -0.393 e. The number of piperidine rings is 1. The molecule has 0 aromatic carbocycles. The van der Waals surface area contributed by atoms with Gasteiger partial charge in [-0.25, -0.2) is 9.37 Å². The summed E-state index contributed by atoms with van der Waals surface area (Å²) in [5.41, 5.74) is 1.05. The number of aromatic nitrogens is 2. The monoisotopic (exact) mass is 350 g/mol. The third-order valence-corrected chi connectivity index (χ3v) is 4.94. The first kappa shape index (κ1) is 17.0. The second kappa shape index (κ2) is 5.91. The highest BCUT2D eigenvalue weighted by atomic mass is 35.5. The smallest absolute Gasteiger partial charge is 0.148 e. The van der Waals surface area contributed by atoms with Crippen LogP contribution in [0.5, 0.6) is 0 Å². The molecule has 1 fully saturated rings. The largest absolute Gasteiger partial charge is 0.393 e. The summed E-state index contributed by atoms with van der Waals surface area (Å²) in [6.07, 6.45) is 0.877. The van der Waals surface area contributed by atoms with Crippen LogP contribution in [0.2, 0.25) is 5.02 Å². The van der Waals surface area contributed by atoms with Crippen LogP contribution in [0.3, 0.4) is 0 Å². The number of hydrogen-bond acceptors (Lipinski definition) is 4. The van der Waals surface area contributed by atoms with Crippen molar-refractivity contribution in [1.29, 1.82) is 5.26 Å². The molecule has 0 radical (unpaired) electrons. The number of halogens is 2. The molecule has 5 nitrogen and oxygen atoms in total. The Balaban J connectivity index is 2.32. The maximum atomic E-state index is 14.7. The Morgan fingerprint density at radius 2 is 2.04 bits per heavy atom. The highest BCUT2D eigenvalue weighted by molar-refractivity contribution is 6.36. The Morgan fingerprint density at radius 1 is 1.42 bits per heavy atom. The van der Waals surface area contributed by atoms with Gasteiger partial charge in [-0.05, 0) is 33.6 Å². The normalized spacial score (nSPS) is 16.6. The van der Waals surface area contributed by atoms with E-state index in [2.05, 4.69) is 16.0 Å². The van der Waals surface area contributed by atoms with Crippen LogP contribution in [0.25, 0.3) is 11.0 Å². The Kier molecular flexibility index (Phi) is 4.18. The number of hydrogen-bond donors (Lipinski definition) is 2. The van der Waals surface area contributed by atoms with Crippen LogP contribution in [-0.2, 0) is 5.67 Å². The standard InChI is InChI=1S/C17H20ClFN4O/c1-9-12(18)13-14(21-9)15(23-6-4-10(24)5-7-23)11(8-20)16(22-13)17(2,3)19/h10,21,24H,4-7H2,1-3H3. The Hall–Kier alpha value is -1.84. The van der Waals surface area contributed by atoms with E-state index in [0.29, 0.717) is 47.7 Å². The number of pyridine rings is 1. The SMILES string of the molecule is Cc1[nH]c2c(N3CCC(O)CC3)c(C#N)c(C(C)(C)F)nc2c1Cl. The van der Waals surface area contributed by atoms with E-state index in [-0.39, 0.29) is 17.4 Å². The van der Waals surface area contributed by atoms with Crippen LogP contribution >= 0.6 is 11.6 Å². The van der Waals surface area contributed by atoms with E-state index in [1.807, 2.05) is 11.8 Å². The van der Waals surface area contributed by atoms with Crippen molar-refractivity contribution in [1.82, 2.24) is 9.97 Å². The number of aliphatic hydroxyl groups excluding tert-OH is 1. The van der Waals surface area contributed by atoms with E-state index in [1.54, 1.807) is 0 Å². The second-order valence-corrected chi connectivity index (χ2v) is 7.15. The maximum absolute atomic E-state index is 14.7. The molecule has 2 aromatic heterocycles. The van der Waals surface area contributed by atoms with Crippen molar-refractivity contribution in [3.05, 3.63) is 22.0 Å². The first-order valence-corrected chi connectivity index (χ1v) is 8.36. The van der Waals surface area contributed by atoms with Gasteiger partial charge in [0.05, 0.1) is 28.0 Å². The lowest BCUT2D eigenvalue weighted by atomic mass is 9.97. The molecule has 7 heteroatoms. The Morgan fingerprint density at radius 3 is 2.58 bits per heavy atom. The van der Waals surface area contributed by atoms with Gasteiger partial charge in [-0.2, -0.15) is 5.26 Å². The topological polar surface area (TPSA) is 75.9 Å². The molecule has 0 aliphatic carbocycles. The van der Waals surface area contributed by atoms with Gasteiger partial charge < -0.3 is 15.0 Å². The van der Waals surface area contributed by atoms with Crippen LogP contribution in [0.1, 0.15) is 43.6 Å². The van der Waals surface area contributed by atoms with Crippen LogP contribution in [0.15, 0.2) is 0 Å². The molecule has 0 bridgehead atoms. The summed E-state index contributed by atoms with van der Waals surface area (Å²) in [4.78, 5) is 9.57. The first-order valence-electron chi connectivity index (χ1n) is 7.98. The van der Waals surface area contributed by atoms with Crippen molar-refractivity contribution in [3.8, 4) is 6.07 Å². The van der Waals surface area contributed by atoms with Gasteiger partial charge in [0, 0.05) is 18.8 Å². The number of nitrogens with zero attached hydrogens (tertiary/aromatic N) is 3. The fourth-order valence-electron chi connectivity index (χ4n) is 3.21. The molecule has 3 heterocycles. The van der Waals surface area contributed by atoms with Crippen LogP contribution in [-0.4, -0.2) is 34.3 Å². The molecule has 1 aliphatic rings. The predicted octanol–water partition coefficient (Wildman–Crippen LogP) is 3.56. The number of rotatable bonds is 2. The van der Waals surface area contributed by atoms with E-state index in [9.17, 15) is 14.8 Å². The number of nitrogens with one attached hydrogen (secondary N) is 1. The molecule has 1 aliphatic heterocycles. The highest BCUT2D eigenvalue weighted by Gasteiger charge is 2.32. The van der Waals surface area contributed by atoms with Gasteiger partial charge in [0.15, 0.2) is 0 Å². The zero-order valence-corrected chi connectivity index (χ0v) is 14.7. The number of alkyl halides is 1. The lowest BCUT2D eigenvalue weighted by Crippen LogP contribution is -2.37. The van der Waals surface area contributed by atoms with E-state index in [1.165, 1.54) is 13.8 Å². The number of nitriles is 1. The van der Waals surface area contributed by atoms with Crippen molar-refractivity contribution in [2.45, 2.75) is 45.4 Å². The van der Waals surface area contributed by atoms with Crippen molar-refractivity contribution >= 4 is 28.3 Å². The average Bonchev–Trinajstić information content (AvgIpc) is 2.80. The number of fused-ring (bicyclic) bond motifs is 1. The van der Waals surface area contributed by atoms with E-state index in [4.69, 9.17) is 11.6 Å². The molecule has 1 saturated heterocycles. The summed E-state index contributed by atoms with van der Waals surface area (Å²) in [5.74, 6) is 0. The summed E-state index contributed by atoms with van der Waals surface area (Å²) in [6.45, 7) is 5.78. The average molecular weight is 351 g/mol. The number of anilines is 1. The van der Waals surface area contributed by atoms with Crippen LogP contribution in [0, 0.1) is 18.3 Å². The molecule has 2 aromatic rings. The third-order valence-electron chi connectivity index (χ3n) is 4.48. The molecule has 128 valence electrons. The molecular formula is C17H20ClFN4O. The lowest BCUT2D eigenvalue weighted by molar-refractivity contribution is 0.145. The molecule has 0 amide bonds. The molecule has 0 unspecified atom stereocenters. The van der Waals surface area contributed by atoms with Crippen LogP contribution in [0.4, 0.5) is 10.1 Å². The molecule has 2 N–H and O–H groups in total. The van der Waals surface area contributed by atoms with Crippen LogP contribution < -0.4 is 4.90 Å². The number of aromatic amines is 1. The van der Waals surface area contributed by atoms with Gasteiger partial charge in [-0.1, -0.05) is 11.6 Å². The Bertz CT molecular complexity index is 826.